The summed E-state index contributed by atoms with van der Waals surface area (Å²) in [6.07, 6.45) is 0. The van der Waals surface area contributed by atoms with Gasteiger partial charge >= 0.3 is 5.69 Å². The summed E-state index contributed by atoms with van der Waals surface area (Å²) in [5.41, 5.74) is 1.35. The molecule has 0 amide bonds. The average molecular weight is 275 g/mol. The zero-order chi connectivity index (χ0) is 13.8. The Labute approximate surface area is 114 Å². The van der Waals surface area contributed by atoms with Crippen LogP contribution in [0.15, 0.2) is 33.0 Å². The monoisotopic (exact) mass is 275 g/mol. The molecule has 0 aliphatic heterocycles. The molecule has 0 atom stereocenters. The predicted molar refractivity (Wildman–Crippen MR) is 71.9 cm³/mol. The lowest BCUT2D eigenvalue weighted by atomic mass is 10.1. The Bertz CT molecular complexity index is 682. The van der Waals surface area contributed by atoms with Gasteiger partial charge in [-0.3, -0.25) is 4.57 Å². The van der Waals surface area contributed by atoms with E-state index in [-0.39, 0.29) is 5.69 Å². The molecule has 0 unspecified atom stereocenters. The zero-order valence-electron chi connectivity index (χ0n) is 10.6. The van der Waals surface area contributed by atoms with Gasteiger partial charge in [0.15, 0.2) is 5.16 Å². The van der Waals surface area contributed by atoms with Crippen LogP contribution in [0.2, 0.25) is 0 Å². The molecule has 0 saturated heterocycles. The molecule has 6 nitrogen and oxygen atoms in total. The number of nitrogens with one attached hydrogen (secondary N) is 2. The van der Waals surface area contributed by atoms with E-state index < -0.39 is 0 Å². The van der Waals surface area contributed by atoms with Gasteiger partial charge in [0, 0.05) is 18.5 Å². The minimum Gasteiger partial charge on any atom is -0.316 e. The van der Waals surface area contributed by atoms with Crippen LogP contribution in [0.25, 0.3) is 0 Å². The zero-order valence-corrected chi connectivity index (χ0v) is 11.4. The van der Waals surface area contributed by atoms with Crippen molar-refractivity contribution in [3.63, 3.8) is 0 Å². The van der Waals surface area contributed by atoms with E-state index in [4.69, 9.17) is 0 Å². The van der Waals surface area contributed by atoms with E-state index in [1.165, 1.54) is 16.3 Å². The van der Waals surface area contributed by atoms with Crippen molar-refractivity contribution >= 4 is 11.8 Å². The van der Waals surface area contributed by atoms with Gasteiger partial charge in [0.25, 0.3) is 0 Å². The van der Waals surface area contributed by atoms with E-state index in [2.05, 4.69) is 21.6 Å². The molecule has 0 bridgehead atoms. The molecule has 0 saturated carbocycles. The summed E-state index contributed by atoms with van der Waals surface area (Å²) in [6, 6.07) is 7.82. The Balaban J connectivity index is 2.33. The Morgan fingerprint density at radius 1 is 1.58 bits per heavy atom. The molecule has 19 heavy (non-hydrogen) atoms. The van der Waals surface area contributed by atoms with Gasteiger partial charge in [0.2, 0.25) is 0 Å². The number of H-pyrrole nitrogens is 1. The van der Waals surface area contributed by atoms with Crippen LogP contribution in [0.1, 0.15) is 11.1 Å². The van der Waals surface area contributed by atoms with Gasteiger partial charge in [0.1, 0.15) is 6.07 Å². The van der Waals surface area contributed by atoms with E-state index in [1.54, 1.807) is 7.05 Å². The summed E-state index contributed by atoms with van der Waals surface area (Å²) in [5.74, 6) is 0. The van der Waals surface area contributed by atoms with E-state index in [1.807, 2.05) is 25.2 Å². The lowest BCUT2D eigenvalue weighted by molar-refractivity contribution is 0.765. The second kappa shape index (κ2) is 5.73. The SMILES string of the molecule is CNCc1ccc(Sc2n[nH]c(=O)n2C)c(C#N)c1. The van der Waals surface area contributed by atoms with Crippen LogP contribution >= 0.6 is 11.8 Å². The highest BCUT2D eigenvalue weighted by Gasteiger charge is 2.10. The van der Waals surface area contributed by atoms with Crippen LogP contribution in [0.3, 0.4) is 0 Å². The molecule has 0 spiro atoms. The van der Waals surface area contributed by atoms with Crippen molar-refractivity contribution < 1.29 is 0 Å². The Kier molecular flexibility index (Phi) is 4.04. The highest BCUT2D eigenvalue weighted by Crippen LogP contribution is 2.28. The minimum atomic E-state index is -0.271. The van der Waals surface area contributed by atoms with Crippen LogP contribution in [0.4, 0.5) is 0 Å². The van der Waals surface area contributed by atoms with Gasteiger partial charge in [0.05, 0.1) is 5.56 Å². The molecular weight excluding hydrogens is 262 g/mol. The first-order valence-electron chi connectivity index (χ1n) is 5.62. The van der Waals surface area contributed by atoms with E-state index in [0.717, 1.165) is 10.5 Å². The molecule has 2 aromatic rings. The fourth-order valence-corrected chi connectivity index (χ4v) is 2.45. The molecule has 0 aliphatic carbocycles. The van der Waals surface area contributed by atoms with Crippen LogP contribution in [-0.4, -0.2) is 21.8 Å². The summed E-state index contributed by atoms with van der Waals surface area (Å²) < 4.78 is 1.41. The summed E-state index contributed by atoms with van der Waals surface area (Å²) in [7, 11) is 3.49. The molecule has 0 aliphatic rings. The second-order valence-electron chi connectivity index (χ2n) is 3.95. The molecular formula is C12H13N5OS. The Hall–Kier alpha value is -2.04. The van der Waals surface area contributed by atoms with Crippen LogP contribution in [0, 0.1) is 11.3 Å². The van der Waals surface area contributed by atoms with Gasteiger partial charge in [-0.25, -0.2) is 9.89 Å². The van der Waals surface area contributed by atoms with Crippen LogP contribution < -0.4 is 11.0 Å². The number of nitriles is 1. The highest BCUT2D eigenvalue weighted by atomic mass is 32.2. The first-order valence-corrected chi connectivity index (χ1v) is 6.44. The number of aromatic amines is 1. The van der Waals surface area contributed by atoms with Crippen molar-refractivity contribution in [2.24, 2.45) is 7.05 Å². The van der Waals surface area contributed by atoms with E-state index in [9.17, 15) is 10.1 Å². The number of hydrogen-bond acceptors (Lipinski definition) is 5. The molecule has 1 aromatic carbocycles. The van der Waals surface area contributed by atoms with Crippen molar-refractivity contribution in [3.05, 3.63) is 39.8 Å². The summed E-state index contributed by atoms with van der Waals surface area (Å²) in [6.45, 7) is 0.709. The van der Waals surface area contributed by atoms with Crippen molar-refractivity contribution in [2.45, 2.75) is 16.6 Å². The number of benzene rings is 1. The van der Waals surface area contributed by atoms with Crippen LogP contribution in [-0.2, 0) is 13.6 Å². The fourth-order valence-electron chi connectivity index (χ4n) is 1.59. The Morgan fingerprint density at radius 3 is 2.95 bits per heavy atom. The van der Waals surface area contributed by atoms with Crippen molar-refractivity contribution in [2.75, 3.05) is 7.05 Å². The molecule has 2 N–H and O–H groups in total. The average Bonchev–Trinajstić information content (AvgIpc) is 2.72. The lowest BCUT2D eigenvalue weighted by Gasteiger charge is -2.05. The molecule has 7 heteroatoms. The van der Waals surface area contributed by atoms with Crippen molar-refractivity contribution in [3.8, 4) is 6.07 Å². The first-order chi connectivity index (χ1) is 9.15. The molecule has 98 valence electrons. The van der Waals surface area contributed by atoms with Gasteiger partial charge in [-0.05, 0) is 36.5 Å². The quantitative estimate of drug-likeness (QED) is 0.864. The van der Waals surface area contributed by atoms with Gasteiger partial charge in [-0.15, -0.1) is 5.10 Å². The number of hydrogen-bond donors (Lipinski definition) is 2. The first kappa shape index (κ1) is 13.4. The maximum absolute atomic E-state index is 11.3. The van der Waals surface area contributed by atoms with E-state index >= 15 is 0 Å². The van der Waals surface area contributed by atoms with Crippen molar-refractivity contribution in [1.82, 2.24) is 20.1 Å². The smallest absolute Gasteiger partial charge is 0.316 e. The predicted octanol–water partition coefficient (Wildman–Crippen LogP) is 0.851. The summed E-state index contributed by atoms with van der Waals surface area (Å²) >= 11 is 1.29. The van der Waals surface area contributed by atoms with Crippen molar-refractivity contribution in [1.29, 1.82) is 5.26 Å². The third-order valence-electron chi connectivity index (χ3n) is 2.59. The maximum atomic E-state index is 11.3. The lowest BCUT2D eigenvalue weighted by Crippen LogP contribution is -2.12. The maximum Gasteiger partial charge on any atom is 0.343 e. The molecule has 1 aromatic heterocycles. The van der Waals surface area contributed by atoms with Gasteiger partial charge in [-0.2, -0.15) is 5.26 Å². The van der Waals surface area contributed by atoms with Gasteiger partial charge < -0.3 is 5.32 Å². The summed E-state index contributed by atoms with van der Waals surface area (Å²) in [4.78, 5) is 12.1. The molecule has 2 rings (SSSR count). The normalized spacial score (nSPS) is 10.4. The van der Waals surface area contributed by atoms with E-state index in [0.29, 0.717) is 17.3 Å². The van der Waals surface area contributed by atoms with Crippen LogP contribution in [0.5, 0.6) is 0 Å². The summed E-state index contributed by atoms with van der Waals surface area (Å²) in [5, 5.41) is 19.0. The van der Waals surface area contributed by atoms with Gasteiger partial charge in [-0.1, -0.05) is 6.07 Å². The largest absolute Gasteiger partial charge is 0.343 e. The third-order valence-corrected chi connectivity index (χ3v) is 3.71. The molecule has 1 heterocycles. The Morgan fingerprint density at radius 2 is 2.37 bits per heavy atom. The fraction of sp³-hybridized carbons (Fsp3) is 0.250. The number of aromatic nitrogens is 3. The molecule has 0 fully saturated rings. The third kappa shape index (κ3) is 2.86. The molecule has 0 radical (unpaired) electrons. The highest BCUT2D eigenvalue weighted by molar-refractivity contribution is 7.99. The second-order valence-corrected chi connectivity index (χ2v) is 4.95. The standard InChI is InChI=1S/C12H13N5OS/c1-14-7-8-3-4-10(9(5-8)6-13)19-12-16-15-11(18)17(12)2/h3-5,14H,7H2,1-2H3,(H,15,18). The number of rotatable bonds is 4. The topological polar surface area (TPSA) is 86.5 Å². The minimum absolute atomic E-state index is 0.271. The number of nitrogens with zero attached hydrogens (tertiary/aromatic N) is 3.